The summed E-state index contributed by atoms with van der Waals surface area (Å²) in [6.07, 6.45) is -1.39. The molecule has 180 valence electrons. The molecule has 0 spiro atoms. The first-order valence-electron chi connectivity index (χ1n) is 11.1. The fourth-order valence-electron chi connectivity index (χ4n) is 4.00. The van der Waals surface area contributed by atoms with E-state index in [1.165, 1.54) is 6.07 Å². The molecule has 2 heterocycles. The number of aryl methyl sites for hydroxylation is 1. The summed E-state index contributed by atoms with van der Waals surface area (Å²) in [5, 5.41) is 21.8. The second kappa shape index (κ2) is 10.8. The zero-order chi connectivity index (χ0) is 24.0. The topological polar surface area (TPSA) is 87.6 Å². The number of likely N-dealkylation sites (tertiary alicyclic amines) is 1. The molecule has 1 aromatic heterocycles. The molecule has 0 amide bonds. The normalized spacial score (nSPS) is 17.1. The third kappa shape index (κ3) is 6.80. The average Bonchev–Trinajstić information content (AvgIpc) is 2.74. The summed E-state index contributed by atoms with van der Waals surface area (Å²) in [4.78, 5) is 13.8. The Bertz CT molecular complexity index is 968. The van der Waals surface area contributed by atoms with Gasteiger partial charge in [0.15, 0.2) is 0 Å². The number of benzene rings is 1. The Kier molecular flexibility index (Phi) is 8.12. The van der Waals surface area contributed by atoms with Crippen LogP contribution in [0.5, 0.6) is 5.75 Å². The fourth-order valence-corrected chi connectivity index (χ4v) is 4.00. The van der Waals surface area contributed by atoms with Gasteiger partial charge in [0.25, 0.3) is 0 Å². The third-order valence-electron chi connectivity index (χ3n) is 5.58. The van der Waals surface area contributed by atoms with Gasteiger partial charge in [0.1, 0.15) is 11.6 Å². The van der Waals surface area contributed by atoms with Crippen LogP contribution in [0.4, 0.5) is 19.0 Å². The smallest absolute Gasteiger partial charge is 0.416 e. The van der Waals surface area contributed by atoms with Crippen LogP contribution in [0.2, 0.25) is 0 Å². The van der Waals surface area contributed by atoms with E-state index < -0.39 is 17.5 Å². The first-order chi connectivity index (χ1) is 15.7. The van der Waals surface area contributed by atoms with E-state index in [2.05, 4.69) is 20.4 Å². The lowest BCUT2D eigenvalue weighted by Crippen LogP contribution is -2.42. The van der Waals surface area contributed by atoms with Gasteiger partial charge in [-0.1, -0.05) is 0 Å². The van der Waals surface area contributed by atoms with Crippen molar-refractivity contribution in [3.63, 3.8) is 0 Å². The van der Waals surface area contributed by atoms with Gasteiger partial charge in [0.05, 0.1) is 17.9 Å². The summed E-state index contributed by atoms with van der Waals surface area (Å²) < 4.78 is 43.5. The van der Waals surface area contributed by atoms with Gasteiger partial charge in [0, 0.05) is 24.6 Å². The third-order valence-corrected chi connectivity index (χ3v) is 5.58. The average molecular weight is 467 g/mol. The molecule has 1 fully saturated rings. The molecule has 0 saturated carbocycles. The Hall–Kier alpha value is -2.88. The Morgan fingerprint density at radius 1 is 1.30 bits per heavy atom. The number of halogens is 3. The highest BCUT2D eigenvalue weighted by molar-refractivity contribution is 5.70. The van der Waals surface area contributed by atoms with Gasteiger partial charge < -0.3 is 20.1 Å². The van der Waals surface area contributed by atoms with E-state index in [0.29, 0.717) is 36.2 Å². The molecule has 0 bridgehead atoms. The van der Waals surface area contributed by atoms with Crippen molar-refractivity contribution in [3.8, 4) is 17.0 Å². The predicted molar refractivity (Wildman–Crippen MR) is 118 cm³/mol. The van der Waals surface area contributed by atoms with Crippen molar-refractivity contribution in [2.45, 2.75) is 51.7 Å². The Balaban J connectivity index is 1.60. The molecule has 1 aromatic carbocycles. The van der Waals surface area contributed by atoms with Crippen LogP contribution in [0.15, 0.2) is 24.3 Å². The van der Waals surface area contributed by atoms with Crippen LogP contribution < -0.4 is 5.32 Å². The number of anilines is 1. The van der Waals surface area contributed by atoms with Crippen LogP contribution in [0, 0.1) is 6.92 Å². The van der Waals surface area contributed by atoms with Crippen LogP contribution in [0.1, 0.15) is 43.7 Å². The van der Waals surface area contributed by atoms with Crippen LogP contribution in [-0.2, 0) is 15.7 Å². The van der Waals surface area contributed by atoms with Gasteiger partial charge in [-0.3, -0.25) is 4.79 Å². The number of esters is 1. The van der Waals surface area contributed by atoms with Crippen molar-refractivity contribution in [2.75, 3.05) is 31.6 Å². The quantitative estimate of drug-likeness (QED) is 0.558. The highest BCUT2D eigenvalue weighted by atomic mass is 19.4. The zero-order valence-corrected chi connectivity index (χ0v) is 18.8. The Labute approximate surface area is 191 Å². The molecule has 3 rings (SSSR count). The van der Waals surface area contributed by atoms with E-state index in [1.54, 1.807) is 19.9 Å². The van der Waals surface area contributed by atoms with E-state index in [1.807, 2.05) is 0 Å². The van der Waals surface area contributed by atoms with Gasteiger partial charge in [-0.2, -0.15) is 13.2 Å². The van der Waals surface area contributed by atoms with Crippen LogP contribution in [-0.4, -0.2) is 58.5 Å². The molecule has 1 aliphatic rings. The van der Waals surface area contributed by atoms with Crippen LogP contribution in [0.3, 0.4) is 0 Å². The van der Waals surface area contributed by atoms with Crippen molar-refractivity contribution >= 4 is 11.8 Å². The maximum absolute atomic E-state index is 12.8. The number of hydrogen-bond donors (Lipinski definition) is 2. The van der Waals surface area contributed by atoms with Gasteiger partial charge in [-0.15, -0.1) is 10.2 Å². The SMILES string of the molecule is CCOC(=O)CCCN1CCC[C@@H](Nc2cc(C)c(-c3ccc(C(F)(F)F)cc3O)nn2)C1. The number of aromatic nitrogens is 2. The second-order valence-electron chi connectivity index (χ2n) is 8.18. The lowest BCUT2D eigenvalue weighted by molar-refractivity contribution is -0.143. The number of alkyl halides is 3. The maximum Gasteiger partial charge on any atom is 0.416 e. The number of phenolic OH excluding ortho intramolecular Hbond substituents is 1. The molecular weight excluding hydrogens is 437 g/mol. The molecule has 0 radical (unpaired) electrons. The summed E-state index contributed by atoms with van der Waals surface area (Å²) in [5.41, 5.74) is 0.294. The largest absolute Gasteiger partial charge is 0.507 e. The van der Waals surface area contributed by atoms with Gasteiger partial charge in [-0.05, 0) is 76.0 Å². The Morgan fingerprint density at radius 3 is 2.76 bits per heavy atom. The molecule has 7 nitrogen and oxygen atoms in total. The number of nitrogens with zero attached hydrogens (tertiary/aromatic N) is 3. The van der Waals surface area contributed by atoms with E-state index in [-0.39, 0.29) is 17.6 Å². The minimum Gasteiger partial charge on any atom is -0.507 e. The number of rotatable bonds is 8. The molecule has 0 unspecified atom stereocenters. The van der Waals surface area contributed by atoms with E-state index in [0.717, 1.165) is 45.0 Å². The number of nitrogens with one attached hydrogen (secondary N) is 1. The van der Waals surface area contributed by atoms with Gasteiger partial charge in [0.2, 0.25) is 0 Å². The fraction of sp³-hybridized carbons (Fsp3) is 0.522. The lowest BCUT2D eigenvalue weighted by Gasteiger charge is -2.33. The summed E-state index contributed by atoms with van der Waals surface area (Å²) in [7, 11) is 0. The monoisotopic (exact) mass is 466 g/mol. The van der Waals surface area contributed by atoms with Crippen LogP contribution in [0.25, 0.3) is 11.3 Å². The molecule has 0 aliphatic carbocycles. The Morgan fingerprint density at radius 2 is 2.09 bits per heavy atom. The predicted octanol–water partition coefficient (Wildman–Crippen LogP) is 4.40. The van der Waals surface area contributed by atoms with Crippen molar-refractivity contribution < 1.29 is 27.8 Å². The number of aromatic hydroxyl groups is 1. The zero-order valence-electron chi connectivity index (χ0n) is 18.8. The summed E-state index contributed by atoms with van der Waals surface area (Å²) in [6, 6.07) is 4.76. The standard InChI is InChI=1S/C23H29F3N4O3/c1-3-33-21(32)7-5-11-30-10-4-6-17(14-30)27-20-12-15(2)22(29-28-20)18-9-8-16(13-19(18)31)23(24,25)26/h8-9,12-13,17,31H,3-7,10-11,14H2,1-2H3,(H,27,28)/t17-/m1/s1. The van der Waals surface area contributed by atoms with Crippen molar-refractivity contribution in [3.05, 3.63) is 35.4 Å². The van der Waals surface area contributed by atoms with E-state index in [4.69, 9.17) is 4.74 Å². The van der Waals surface area contributed by atoms with E-state index in [9.17, 15) is 23.1 Å². The summed E-state index contributed by atoms with van der Waals surface area (Å²) in [5.74, 6) is -0.0937. The lowest BCUT2D eigenvalue weighted by atomic mass is 10.0. The van der Waals surface area contributed by atoms with E-state index >= 15 is 0 Å². The molecular formula is C23H29F3N4O3. The molecule has 2 N–H and O–H groups in total. The molecule has 1 aliphatic heterocycles. The first-order valence-corrected chi connectivity index (χ1v) is 11.1. The van der Waals surface area contributed by atoms with Gasteiger partial charge >= 0.3 is 12.1 Å². The number of carbonyl (C=O) groups is 1. The number of piperidine rings is 1. The molecule has 1 saturated heterocycles. The first kappa shape index (κ1) is 24.8. The number of phenols is 1. The number of ether oxygens (including phenoxy) is 1. The number of carbonyl (C=O) groups excluding carboxylic acids is 1. The molecule has 1 atom stereocenters. The molecule has 2 aromatic rings. The minimum absolute atomic E-state index is 0.167. The van der Waals surface area contributed by atoms with Crippen molar-refractivity contribution in [1.29, 1.82) is 0 Å². The summed E-state index contributed by atoms with van der Waals surface area (Å²) >= 11 is 0. The van der Waals surface area contributed by atoms with Crippen molar-refractivity contribution in [1.82, 2.24) is 15.1 Å². The molecule has 10 heteroatoms. The van der Waals surface area contributed by atoms with Gasteiger partial charge in [-0.25, -0.2) is 0 Å². The second-order valence-corrected chi connectivity index (χ2v) is 8.18. The highest BCUT2D eigenvalue weighted by Crippen LogP contribution is 2.36. The van der Waals surface area contributed by atoms with Crippen molar-refractivity contribution in [2.24, 2.45) is 0 Å². The summed E-state index contributed by atoms with van der Waals surface area (Å²) in [6.45, 7) is 6.56. The molecule has 33 heavy (non-hydrogen) atoms. The maximum atomic E-state index is 12.8. The van der Waals surface area contributed by atoms with Crippen LogP contribution >= 0.6 is 0 Å². The minimum atomic E-state index is -4.53. The number of hydrogen-bond acceptors (Lipinski definition) is 7. The highest BCUT2D eigenvalue weighted by Gasteiger charge is 2.31.